The fraction of sp³-hybridized carbons (Fsp3) is 0.316. The molecule has 0 radical (unpaired) electrons. The van der Waals surface area contributed by atoms with E-state index < -0.39 is 5.41 Å². The highest BCUT2D eigenvalue weighted by molar-refractivity contribution is 5.86. The molecule has 0 bridgehead atoms. The minimum Gasteiger partial charge on any atom is -0.296 e. The third-order valence-electron chi connectivity index (χ3n) is 4.30. The number of hydrogen-bond donors (Lipinski definition) is 0. The molecule has 7 nitrogen and oxygen atoms in total. The first kappa shape index (κ1) is 17.5. The highest BCUT2D eigenvalue weighted by atomic mass is 16.1. The van der Waals surface area contributed by atoms with Crippen molar-refractivity contribution in [2.75, 3.05) is 0 Å². The Morgan fingerprint density at radius 2 is 1.88 bits per heavy atom. The van der Waals surface area contributed by atoms with Crippen LogP contribution in [-0.4, -0.2) is 25.1 Å². The van der Waals surface area contributed by atoms with Crippen LogP contribution in [0.1, 0.15) is 25.0 Å². The molecule has 0 N–H and O–H groups in total. The van der Waals surface area contributed by atoms with Gasteiger partial charge in [0.15, 0.2) is 11.4 Å². The summed E-state index contributed by atoms with van der Waals surface area (Å²) < 4.78 is 2.83. The van der Waals surface area contributed by atoms with Crippen molar-refractivity contribution in [1.29, 1.82) is 5.26 Å². The van der Waals surface area contributed by atoms with E-state index in [1.165, 1.54) is 30.9 Å². The number of fused-ring (bicyclic) bond motifs is 1. The van der Waals surface area contributed by atoms with E-state index in [1.807, 2.05) is 32.0 Å². The van der Waals surface area contributed by atoms with Gasteiger partial charge in [0.25, 0.3) is 5.56 Å². The molecule has 0 saturated heterocycles. The summed E-state index contributed by atoms with van der Waals surface area (Å²) in [5, 5.41) is 13.7. The molecule has 2 aromatic heterocycles. The molecular weight excluding hydrogens is 330 g/mol. The molecular formula is C19H19N5O2. The van der Waals surface area contributed by atoms with Crippen molar-refractivity contribution < 1.29 is 4.79 Å². The van der Waals surface area contributed by atoms with Crippen LogP contribution in [0.2, 0.25) is 0 Å². The van der Waals surface area contributed by atoms with E-state index in [-0.39, 0.29) is 17.9 Å². The summed E-state index contributed by atoms with van der Waals surface area (Å²) in [6, 6.07) is 7.93. The predicted octanol–water partition coefficient (Wildman–Crippen LogP) is 2.32. The Morgan fingerprint density at radius 1 is 1.23 bits per heavy atom. The number of ketones is 1. The highest BCUT2D eigenvalue weighted by Gasteiger charge is 2.27. The summed E-state index contributed by atoms with van der Waals surface area (Å²) in [5.41, 5.74) is 1.92. The molecule has 0 aliphatic rings. The average molecular weight is 349 g/mol. The summed E-state index contributed by atoms with van der Waals surface area (Å²) in [7, 11) is 0. The predicted molar refractivity (Wildman–Crippen MR) is 97.0 cm³/mol. The van der Waals surface area contributed by atoms with Crippen molar-refractivity contribution >= 4 is 16.8 Å². The van der Waals surface area contributed by atoms with Crippen molar-refractivity contribution in [2.45, 2.75) is 34.2 Å². The largest absolute Gasteiger partial charge is 0.296 e. The molecule has 7 heteroatoms. The van der Waals surface area contributed by atoms with Gasteiger partial charge in [-0.05, 0) is 51.0 Å². The van der Waals surface area contributed by atoms with Crippen molar-refractivity contribution in [3.8, 4) is 11.8 Å². The fourth-order valence-electron chi connectivity index (χ4n) is 2.74. The third-order valence-corrected chi connectivity index (χ3v) is 4.30. The third kappa shape index (κ3) is 3.02. The Balaban J connectivity index is 2.06. The molecule has 1 aromatic carbocycles. The Labute approximate surface area is 150 Å². The van der Waals surface area contributed by atoms with E-state index in [1.54, 1.807) is 4.68 Å². The van der Waals surface area contributed by atoms with Gasteiger partial charge >= 0.3 is 0 Å². The zero-order valence-corrected chi connectivity index (χ0v) is 15.1. The summed E-state index contributed by atoms with van der Waals surface area (Å²) in [6.45, 7) is 6.85. The van der Waals surface area contributed by atoms with Gasteiger partial charge in [-0.1, -0.05) is 6.07 Å². The van der Waals surface area contributed by atoms with Gasteiger partial charge in [-0.15, -0.1) is 0 Å². The summed E-state index contributed by atoms with van der Waals surface area (Å²) in [5.74, 6) is -0.343. The maximum absolute atomic E-state index is 12.7. The standard InChI is InChI=1S/C19H19N5O2/c1-12-5-13(2)7-14(6-12)24-17-15(8-22-24)18(26)23(11-21-17)9-16(25)19(3,4)10-20/h5-8,11H,9H2,1-4H3. The molecule has 26 heavy (non-hydrogen) atoms. The molecule has 0 aliphatic heterocycles. The van der Waals surface area contributed by atoms with E-state index in [0.717, 1.165) is 16.8 Å². The number of hydrogen-bond acceptors (Lipinski definition) is 5. The van der Waals surface area contributed by atoms with E-state index in [9.17, 15) is 9.59 Å². The normalized spacial score (nSPS) is 11.5. The van der Waals surface area contributed by atoms with Crippen LogP contribution in [0.15, 0.2) is 35.5 Å². The Kier molecular flexibility index (Phi) is 4.20. The second-order valence-electron chi connectivity index (χ2n) is 6.98. The van der Waals surface area contributed by atoms with Gasteiger partial charge in [0.2, 0.25) is 0 Å². The van der Waals surface area contributed by atoms with E-state index in [2.05, 4.69) is 16.1 Å². The van der Waals surface area contributed by atoms with Crippen LogP contribution in [0.4, 0.5) is 0 Å². The van der Waals surface area contributed by atoms with Crippen LogP contribution in [0.3, 0.4) is 0 Å². The minimum atomic E-state index is -1.16. The zero-order valence-electron chi connectivity index (χ0n) is 15.1. The number of Topliss-reactive ketones (excluding diaryl/α,β-unsaturated/α-hetero) is 1. The van der Waals surface area contributed by atoms with E-state index in [4.69, 9.17) is 5.26 Å². The van der Waals surface area contributed by atoms with Gasteiger partial charge in [-0.2, -0.15) is 10.4 Å². The number of aryl methyl sites for hydroxylation is 2. The molecule has 0 spiro atoms. The lowest BCUT2D eigenvalue weighted by Crippen LogP contribution is -2.31. The number of aromatic nitrogens is 4. The topological polar surface area (TPSA) is 93.6 Å². The molecule has 0 saturated carbocycles. The number of carbonyl (C=O) groups excluding carboxylic acids is 1. The number of nitriles is 1. The smallest absolute Gasteiger partial charge is 0.264 e. The van der Waals surface area contributed by atoms with Crippen LogP contribution >= 0.6 is 0 Å². The first-order chi connectivity index (χ1) is 12.2. The highest BCUT2D eigenvalue weighted by Crippen LogP contribution is 2.18. The molecule has 0 amide bonds. The summed E-state index contributed by atoms with van der Waals surface area (Å²) in [4.78, 5) is 29.2. The monoisotopic (exact) mass is 349 g/mol. The fourth-order valence-corrected chi connectivity index (χ4v) is 2.74. The Bertz CT molecular complexity index is 1090. The SMILES string of the molecule is Cc1cc(C)cc(-n2ncc3c(=O)n(CC(=O)C(C)(C)C#N)cnc32)c1. The molecule has 0 atom stereocenters. The van der Waals surface area contributed by atoms with E-state index >= 15 is 0 Å². The number of nitrogens with zero attached hydrogens (tertiary/aromatic N) is 5. The van der Waals surface area contributed by atoms with Crippen LogP contribution < -0.4 is 5.56 Å². The number of carbonyl (C=O) groups is 1. The Morgan fingerprint density at radius 3 is 2.50 bits per heavy atom. The minimum absolute atomic E-state index is 0.197. The lowest BCUT2D eigenvalue weighted by Gasteiger charge is -2.14. The first-order valence-electron chi connectivity index (χ1n) is 8.19. The van der Waals surface area contributed by atoms with Gasteiger partial charge in [-0.3, -0.25) is 14.2 Å². The maximum Gasteiger partial charge on any atom is 0.264 e. The van der Waals surface area contributed by atoms with Crippen LogP contribution in [0, 0.1) is 30.6 Å². The lowest BCUT2D eigenvalue weighted by atomic mass is 9.90. The maximum atomic E-state index is 12.7. The Hall–Kier alpha value is -3.27. The van der Waals surface area contributed by atoms with Gasteiger partial charge in [-0.25, -0.2) is 9.67 Å². The zero-order chi connectivity index (χ0) is 19.1. The van der Waals surface area contributed by atoms with Gasteiger partial charge in [0.1, 0.15) is 17.1 Å². The van der Waals surface area contributed by atoms with Gasteiger partial charge in [0.05, 0.1) is 24.5 Å². The first-order valence-corrected chi connectivity index (χ1v) is 8.19. The van der Waals surface area contributed by atoms with Crippen LogP contribution in [0.5, 0.6) is 0 Å². The van der Waals surface area contributed by atoms with Gasteiger partial charge < -0.3 is 0 Å². The quantitative estimate of drug-likeness (QED) is 0.720. The molecule has 0 aliphatic carbocycles. The number of rotatable bonds is 4. The molecule has 2 heterocycles. The van der Waals surface area contributed by atoms with Crippen LogP contribution in [0.25, 0.3) is 16.7 Å². The van der Waals surface area contributed by atoms with Crippen molar-refractivity contribution in [2.24, 2.45) is 5.41 Å². The van der Waals surface area contributed by atoms with Crippen LogP contribution in [-0.2, 0) is 11.3 Å². The number of benzene rings is 1. The second kappa shape index (κ2) is 6.23. The van der Waals surface area contributed by atoms with Crippen molar-refractivity contribution in [3.05, 3.63) is 52.2 Å². The molecule has 132 valence electrons. The molecule has 0 unspecified atom stereocenters. The van der Waals surface area contributed by atoms with E-state index in [0.29, 0.717) is 11.0 Å². The molecule has 3 rings (SSSR count). The average Bonchev–Trinajstić information content (AvgIpc) is 3.01. The lowest BCUT2D eigenvalue weighted by molar-refractivity contribution is -0.125. The summed E-state index contributed by atoms with van der Waals surface area (Å²) >= 11 is 0. The van der Waals surface area contributed by atoms with Crippen molar-refractivity contribution in [3.63, 3.8) is 0 Å². The van der Waals surface area contributed by atoms with Crippen molar-refractivity contribution in [1.82, 2.24) is 19.3 Å². The summed E-state index contributed by atoms with van der Waals surface area (Å²) in [6.07, 6.45) is 2.79. The molecule has 0 fully saturated rings. The second-order valence-corrected chi connectivity index (χ2v) is 6.98. The molecule has 3 aromatic rings. The van der Waals surface area contributed by atoms with Gasteiger partial charge in [0, 0.05) is 0 Å².